The second-order valence-electron chi connectivity index (χ2n) is 8.34. The predicted octanol–water partition coefficient (Wildman–Crippen LogP) is 4.79. The first-order valence-electron chi connectivity index (χ1n) is 11.5. The summed E-state index contributed by atoms with van der Waals surface area (Å²) < 4.78 is 26.3. The molecule has 7 nitrogen and oxygen atoms in total. The van der Waals surface area contributed by atoms with Crippen molar-refractivity contribution >= 4 is 50.7 Å². The number of rotatable bonds is 12. The maximum atomic E-state index is 13.3. The van der Waals surface area contributed by atoms with Crippen molar-refractivity contribution in [3.8, 4) is 0 Å². The topological polar surface area (TPSA) is 86.8 Å². The van der Waals surface area contributed by atoms with E-state index in [4.69, 9.17) is 23.2 Å². The molecule has 35 heavy (non-hydrogen) atoms. The minimum atomic E-state index is -3.60. The van der Waals surface area contributed by atoms with Gasteiger partial charge in [-0.1, -0.05) is 48.3 Å². The van der Waals surface area contributed by atoms with Crippen molar-refractivity contribution < 1.29 is 18.0 Å². The van der Waals surface area contributed by atoms with Crippen LogP contribution in [0.25, 0.3) is 0 Å². The van der Waals surface area contributed by atoms with Gasteiger partial charge < -0.3 is 10.2 Å². The highest BCUT2D eigenvalue weighted by atomic mass is 35.5. The maximum Gasteiger partial charge on any atom is 0.242 e. The van der Waals surface area contributed by atoms with Crippen LogP contribution in [0.3, 0.4) is 0 Å². The molecule has 0 aromatic heterocycles. The lowest BCUT2D eigenvalue weighted by molar-refractivity contribution is -0.141. The fourth-order valence-electron chi connectivity index (χ4n) is 3.83. The smallest absolute Gasteiger partial charge is 0.242 e. The highest BCUT2D eigenvalue weighted by Crippen LogP contribution is 2.27. The lowest BCUT2D eigenvalue weighted by atomic mass is 10.1. The highest BCUT2D eigenvalue weighted by Gasteiger charge is 2.28. The lowest BCUT2D eigenvalue weighted by Crippen LogP contribution is -2.49. The van der Waals surface area contributed by atoms with Crippen LogP contribution in [0.15, 0.2) is 42.5 Å². The van der Waals surface area contributed by atoms with Crippen LogP contribution in [-0.2, 0) is 26.2 Å². The Bertz CT molecular complexity index is 1120. The van der Waals surface area contributed by atoms with Crippen LogP contribution in [-0.4, -0.2) is 50.5 Å². The van der Waals surface area contributed by atoms with Crippen LogP contribution in [0.1, 0.15) is 44.2 Å². The summed E-state index contributed by atoms with van der Waals surface area (Å²) in [5, 5.41) is 3.81. The molecule has 0 spiro atoms. The minimum Gasteiger partial charge on any atom is -0.355 e. The third-order valence-corrected chi connectivity index (χ3v) is 7.26. The number of anilines is 1. The average Bonchev–Trinajstić information content (AvgIpc) is 2.79. The van der Waals surface area contributed by atoms with Gasteiger partial charge in [0.1, 0.15) is 6.04 Å². The molecule has 1 N–H and O–H groups in total. The molecule has 0 unspecified atom stereocenters. The summed E-state index contributed by atoms with van der Waals surface area (Å²) in [6.07, 6.45) is 1.93. The molecule has 1 atom stereocenters. The zero-order valence-corrected chi connectivity index (χ0v) is 22.9. The molecule has 0 fully saturated rings. The number of nitrogens with zero attached hydrogens (tertiary/aromatic N) is 2. The second-order valence-corrected chi connectivity index (χ2v) is 11.1. The SMILES string of the molecule is CCNC(=O)[C@@H](CC)N(Cc1ccc(Cl)cc1)C(=O)CCCN(c1cc(Cl)ccc1C)S(C)(=O)=O. The molecule has 2 amide bonds. The first-order valence-corrected chi connectivity index (χ1v) is 14.1. The molecule has 0 heterocycles. The Hall–Kier alpha value is -2.29. The summed E-state index contributed by atoms with van der Waals surface area (Å²) in [5.74, 6) is -0.445. The Morgan fingerprint density at radius 3 is 2.23 bits per heavy atom. The van der Waals surface area contributed by atoms with Crippen LogP contribution in [0.4, 0.5) is 5.69 Å². The van der Waals surface area contributed by atoms with Crippen LogP contribution < -0.4 is 9.62 Å². The number of hydrogen-bond donors (Lipinski definition) is 1. The van der Waals surface area contributed by atoms with E-state index in [0.29, 0.717) is 28.7 Å². The number of likely N-dealkylation sites (N-methyl/N-ethyl adjacent to an activating group) is 1. The molecule has 0 aliphatic carbocycles. The molecule has 0 bridgehead atoms. The normalized spacial score (nSPS) is 12.2. The van der Waals surface area contributed by atoms with Gasteiger partial charge >= 0.3 is 0 Å². The molecule has 2 rings (SSSR count). The lowest BCUT2D eigenvalue weighted by Gasteiger charge is -2.31. The summed E-state index contributed by atoms with van der Waals surface area (Å²) in [4.78, 5) is 27.6. The minimum absolute atomic E-state index is 0.0785. The molecule has 0 aliphatic rings. The first kappa shape index (κ1) is 28.9. The van der Waals surface area contributed by atoms with Gasteiger partial charge in [-0.3, -0.25) is 13.9 Å². The van der Waals surface area contributed by atoms with Gasteiger partial charge in [0.15, 0.2) is 0 Å². The van der Waals surface area contributed by atoms with E-state index in [9.17, 15) is 18.0 Å². The molecular formula is C25H33Cl2N3O4S. The number of halogens is 2. The molecule has 10 heteroatoms. The number of hydrogen-bond acceptors (Lipinski definition) is 4. The number of aryl methyl sites for hydroxylation is 1. The van der Waals surface area contributed by atoms with Gasteiger partial charge in [0, 0.05) is 36.1 Å². The zero-order chi connectivity index (χ0) is 26.2. The van der Waals surface area contributed by atoms with E-state index in [0.717, 1.165) is 17.4 Å². The van der Waals surface area contributed by atoms with Crippen LogP contribution in [0.2, 0.25) is 10.0 Å². The number of sulfonamides is 1. The Kier molecular flexibility index (Phi) is 10.9. The van der Waals surface area contributed by atoms with E-state index in [1.165, 1.54) is 4.31 Å². The second kappa shape index (κ2) is 13.1. The summed E-state index contributed by atoms with van der Waals surface area (Å²) >= 11 is 12.1. The van der Waals surface area contributed by atoms with Crippen LogP contribution in [0, 0.1) is 6.92 Å². The highest BCUT2D eigenvalue weighted by molar-refractivity contribution is 7.92. The third-order valence-electron chi connectivity index (χ3n) is 5.60. The Morgan fingerprint density at radius 1 is 1.03 bits per heavy atom. The largest absolute Gasteiger partial charge is 0.355 e. The average molecular weight is 543 g/mol. The molecule has 0 saturated heterocycles. The fourth-order valence-corrected chi connectivity index (χ4v) is 5.14. The summed E-state index contributed by atoms with van der Waals surface area (Å²) in [6.45, 7) is 6.30. The van der Waals surface area contributed by atoms with E-state index in [-0.39, 0.29) is 37.7 Å². The van der Waals surface area contributed by atoms with E-state index >= 15 is 0 Å². The van der Waals surface area contributed by atoms with Crippen molar-refractivity contribution in [1.29, 1.82) is 0 Å². The maximum absolute atomic E-state index is 13.3. The molecule has 0 saturated carbocycles. The number of amides is 2. The molecule has 2 aromatic rings. The molecular weight excluding hydrogens is 509 g/mol. The van der Waals surface area contributed by atoms with E-state index in [2.05, 4.69) is 5.32 Å². The zero-order valence-electron chi connectivity index (χ0n) is 20.6. The third kappa shape index (κ3) is 8.40. The Morgan fingerprint density at radius 2 is 1.66 bits per heavy atom. The molecule has 0 radical (unpaired) electrons. The van der Waals surface area contributed by atoms with E-state index < -0.39 is 16.1 Å². The molecule has 0 aliphatic heterocycles. The Balaban J connectivity index is 2.23. The number of nitrogens with one attached hydrogen (secondary N) is 1. The van der Waals surface area contributed by atoms with Gasteiger partial charge in [0.05, 0.1) is 11.9 Å². The standard InChI is InChI=1S/C25H33Cl2N3O4S/c1-5-22(25(32)28-6-2)29(17-19-10-13-20(26)14-11-19)24(31)8-7-15-30(35(4,33)34)23-16-21(27)12-9-18(23)3/h9-14,16,22H,5-8,15,17H2,1-4H3,(H,28,32)/t22-/m1/s1. The van der Waals surface area contributed by atoms with Gasteiger partial charge in [0.2, 0.25) is 21.8 Å². The monoisotopic (exact) mass is 541 g/mol. The number of benzene rings is 2. The number of carbonyl (C=O) groups is 2. The predicted molar refractivity (Wildman–Crippen MR) is 142 cm³/mol. The van der Waals surface area contributed by atoms with Crippen LogP contribution >= 0.6 is 23.2 Å². The van der Waals surface area contributed by atoms with Crippen molar-refractivity contribution in [3.05, 3.63) is 63.6 Å². The van der Waals surface area contributed by atoms with E-state index in [1.54, 1.807) is 42.2 Å². The van der Waals surface area contributed by atoms with Crippen molar-refractivity contribution in [2.24, 2.45) is 0 Å². The quantitative estimate of drug-likeness (QED) is 0.418. The van der Waals surface area contributed by atoms with Gasteiger partial charge in [-0.25, -0.2) is 8.42 Å². The molecule has 192 valence electrons. The number of carbonyl (C=O) groups excluding carboxylic acids is 2. The summed E-state index contributed by atoms with van der Waals surface area (Å²) in [6, 6.07) is 11.5. The van der Waals surface area contributed by atoms with Gasteiger partial charge in [-0.05, 0) is 62.1 Å². The molecule has 2 aromatic carbocycles. The fraction of sp³-hybridized carbons (Fsp3) is 0.440. The van der Waals surface area contributed by atoms with Crippen molar-refractivity contribution in [2.75, 3.05) is 23.7 Å². The van der Waals surface area contributed by atoms with Crippen molar-refractivity contribution in [3.63, 3.8) is 0 Å². The van der Waals surface area contributed by atoms with Crippen molar-refractivity contribution in [1.82, 2.24) is 10.2 Å². The van der Waals surface area contributed by atoms with E-state index in [1.807, 2.05) is 26.0 Å². The summed E-state index contributed by atoms with van der Waals surface area (Å²) in [7, 11) is -3.60. The Labute approximate surface area is 218 Å². The van der Waals surface area contributed by atoms with Crippen LogP contribution in [0.5, 0.6) is 0 Å². The van der Waals surface area contributed by atoms with Gasteiger partial charge in [0.25, 0.3) is 0 Å². The summed E-state index contributed by atoms with van der Waals surface area (Å²) in [5.41, 5.74) is 2.09. The van der Waals surface area contributed by atoms with Crippen molar-refractivity contribution in [2.45, 2.75) is 52.6 Å². The van der Waals surface area contributed by atoms with Gasteiger partial charge in [-0.15, -0.1) is 0 Å². The first-order chi connectivity index (χ1) is 16.5. The van der Waals surface area contributed by atoms with Gasteiger partial charge in [-0.2, -0.15) is 0 Å².